The van der Waals surface area contributed by atoms with Gasteiger partial charge in [0.1, 0.15) is 5.82 Å². The van der Waals surface area contributed by atoms with Gasteiger partial charge in [0.25, 0.3) is 0 Å². The summed E-state index contributed by atoms with van der Waals surface area (Å²) in [5, 5.41) is 7.48. The second-order valence-corrected chi connectivity index (χ2v) is 4.98. The average Bonchev–Trinajstić information content (AvgIpc) is 2.71. The Bertz CT molecular complexity index is 519. The normalized spacial score (nSPS) is 12.7. The number of halogens is 1. The minimum atomic E-state index is -0.143. The van der Waals surface area contributed by atoms with Crippen molar-refractivity contribution in [2.24, 2.45) is 0 Å². The summed E-state index contributed by atoms with van der Waals surface area (Å²) < 4.78 is 13.6. The number of aryl methyl sites for hydroxylation is 2. The van der Waals surface area contributed by atoms with Crippen LogP contribution in [0.1, 0.15) is 28.3 Å². The van der Waals surface area contributed by atoms with E-state index in [9.17, 15) is 4.39 Å². The molecule has 1 aromatic heterocycles. The third-order valence-electron chi connectivity index (χ3n) is 3.02. The Morgan fingerprint density at radius 2 is 1.94 bits per heavy atom. The molecule has 0 saturated heterocycles. The van der Waals surface area contributed by atoms with E-state index in [1.54, 1.807) is 24.3 Å². The van der Waals surface area contributed by atoms with Crippen LogP contribution in [0, 0.1) is 19.7 Å². The van der Waals surface area contributed by atoms with E-state index in [4.69, 9.17) is 0 Å². The Morgan fingerprint density at radius 1 is 1.18 bits per heavy atom. The largest absolute Gasteiger partial charge is 0.309 e. The fourth-order valence-electron chi connectivity index (χ4n) is 1.96. The first-order valence-corrected chi connectivity index (χ1v) is 6.53. The first-order valence-electron chi connectivity index (χ1n) is 5.59. The molecule has 0 aliphatic heterocycles. The summed E-state index contributed by atoms with van der Waals surface area (Å²) in [7, 11) is 1.90. The van der Waals surface area contributed by atoms with E-state index >= 15 is 0 Å². The van der Waals surface area contributed by atoms with Crippen LogP contribution < -0.4 is 5.32 Å². The van der Waals surface area contributed by atoms with E-state index in [2.05, 4.69) is 23.0 Å². The van der Waals surface area contributed by atoms with Gasteiger partial charge in [0.15, 0.2) is 0 Å². The molecular weight excluding hydrogens is 233 g/mol. The highest BCUT2D eigenvalue weighted by Gasteiger charge is 2.15. The highest BCUT2D eigenvalue weighted by Crippen LogP contribution is 2.28. The Balaban J connectivity index is 2.42. The van der Waals surface area contributed by atoms with Crippen LogP contribution >= 0.6 is 11.3 Å². The zero-order valence-electron chi connectivity index (χ0n) is 10.3. The Kier molecular flexibility index (Phi) is 3.60. The molecule has 0 aliphatic rings. The minimum Gasteiger partial charge on any atom is -0.309 e. The second-order valence-electron chi connectivity index (χ2n) is 4.24. The van der Waals surface area contributed by atoms with E-state index < -0.39 is 0 Å². The van der Waals surface area contributed by atoms with E-state index in [1.807, 2.05) is 19.2 Å². The third kappa shape index (κ3) is 2.40. The van der Waals surface area contributed by atoms with Gasteiger partial charge in [0.05, 0.1) is 6.04 Å². The van der Waals surface area contributed by atoms with Crippen molar-refractivity contribution in [3.05, 3.63) is 57.0 Å². The molecular formula is C14H16FNS. The molecule has 0 radical (unpaired) electrons. The predicted molar refractivity (Wildman–Crippen MR) is 71.1 cm³/mol. The van der Waals surface area contributed by atoms with Crippen LogP contribution in [0.3, 0.4) is 0 Å². The lowest BCUT2D eigenvalue weighted by atomic mass is 9.97. The van der Waals surface area contributed by atoms with Gasteiger partial charge in [0, 0.05) is 0 Å². The quantitative estimate of drug-likeness (QED) is 0.872. The summed E-state index contributed by atoms with van der Waals surface area (Å²) in [4.78, 5) is 0. The zero-order valence-corrected chi connectivity index (χ0v) is 11.1. The van der Waals surface area contributed by atoms with Crippen molar-refractivity contribution in [3.63, 3.8) is 0 Å². The first kappa shape index (κ1) is 12.3. The SMILES string of the molecule is CNC(c1ccc(C)c(F)c1)c1cscc1C. The smallest absolute Gasteiger partial charge is 0.126 e. The van der Waals surface area contributed by atoms with Gasteiger partial charge >= 0.3 is 0 Å². The van der Waals surface area contributed by atoms with Gasteiger partial charge in [-0.3, -0.25) is 0 Å². The molecule has 2 rings (SSSR count). The number of hydrogen-bond acceptors (Lipinski definition) is 2. The summed E-state index contributed by atoms with van der Waals surface area (Å²) >= 11 is 1.68. The Labute approximate surface area is 105 Å². The third-order valence-corrected chi connectivity index (χ3v) is 3.90. The number of thiophene rings is 1. The average molecular weight is 249 g/mol. The molecule has 0 spiro atoms. The number of benzene rings is 1. The molecule has 90 valence electrons. The lowest BCUT2D eigenvalue weighted by molar-refractivity contribution is 0.608. The van der Waals surface area contributed by atoms with Gasteiger partial charge in [-0.1, -0.05) is 12.1 Å². The van der Waals surface area contributed by atoms with E-state index in [0.29, 0.717) is 5.56 Å². The highest BCUT2D eigenvalue weighted by molar-refractivity contribution is 7.08. The summed E-state index contributed by atoms with van der Waals surface area (Å²) in [6, 6.07) is 5.50. The molecule has 2 aromatic rings. The molecule has 0 fully saturated rings. The number of nitrogens with one attached hydrogen (secondary N) is 1. The van der Waals surface area contributed by atoms with Crippen LogP contribution in [0.2, 0.25) is 0 Å². The summed E-state index contributed by atoms with van der Waals surface area (Å²) in [6.45, 7) is 3.87. The maximum Gasteiger partial charge on any atom is 0.126 e. The van der Waals surface area contributed by atoms with Gasteiger partial charge in [-0.05, 0) is 60.0 Å². The number of rotatable bonds is 3. The monoisotopic (exact) mass is 249 g/mol. The van der Waals surface area contributed by atoms with Gasteiger partial charge in [-0.25, -0.2) is 4.39 Å². The zero-order chi connectivity index (χ0) is 12.4. The summed E-state index contributed by atoms with van der Waals surface area (Å²) in [5.74, 6) is -0.143. The maximum absolute atomic E-state index is 13.6. The Morgan fingerprint density at radius 3 is 2.47 bits per heavy atom. The summed E-state index contributed by atoms with van der Waals surface area (Å²) in [5.41, 5.74) is 4.12. The van der Waals surface area contributed by atoms with E-state index in [0.717, 1.165) is 5.56 Å². The van der Waals surface area contributed by atoms with Gasteiger partial charge < -0.3 is 5.32 Å². The highest BCUT2D eigenvalue weighted by atomic mass is 32.1. The van der Waals surface area contributed by atoms with Gasteiger partial charge in [0.2, 0.25) is 0 Å². The fraction of sp³-hybridized carbons (Fsp3) is 0.286. The summed E-state index contributed by atoms with van der Waals surface area (Å²) in [6.07, 6.45) is 0. The molecule has 0 aliphatic carbocycles. The van der Waals surface area contributed by atoms with Crippen molar-refractivity contribution < 1.29 is 4.39 Å². The second kappa shape index (κ2) is 4.98. The topological polar surface area (TPSA) is 12.0 Å². The van der Waals surface area contributed by atoms with Crippen LogP contribution in [0.25, 0.3) is 0 Å². The van der Waals surface area contributed by atoms with Crippen LogP contribution in [0.15, 0.2) is 29.0 Å². The van der Waals surface area contributed by atoms with Crippen LogP contribution in [0.4, 0.5) is 4.39 Å². The first-order chi connectivity index (χ1) is 8.13. The van der Waals surface area contributed by atoms with Gasteiger partial charge in [-0.15, -0.1) is 0 Å². The fourth-order valence-corrected chi connectivity index (χ4v) is 2.83. The standard InChI is InChI=1S/C14H16FNS/c1-9-4-5-11(6-13(9)15)14(16-3)12-8-17-7-10(12)2/h4-8,14,16H,1-3H3. The molecule has 1 N–H and O–H groups in total. The molecule has 0 bridgehead atoms. The maximum atomic E-state index is 13.6. The van der Waals surface area contributed by atoms with Crippen molar-refractivity contribution in [1.82, 2.24) is 5.32 Å². The molecule has 1 atom stereocenters. The lowest BCUT2D eigenvalue weighted by Crippen LogP contribution is -2.18. The van der Waals surface area contributed by atoms with E-state index in [-0.39, 0.29) is 11.9 Å². The molecule has 0 saturated carbocycles. The molecule has 1 heterocycles. The lowest BCUT2D eigenvalue weighted by Gasteiger charge is -2.17. The number of hydrogen-bond donors (Lipinski definition) is 1. The van der Waals surface area contributed by atoms with Crippen molar-refractivity contribution in [1.29, 1.82) is 0 Å². The molecule has 0 amide bonds. The van der Waals surface area contributed by atoms with Gasteiger partial charge in [-0.2, -0.15) is 11.3 Å². The molecule has 1 aromatic carbocycles. The van der Waals surface area contributed by atoms with Crippen LogP contribution in [0.5, 0.6) is 0 Å². The van der Waals surface area contributed by atoms with Crippen LogP contribution in [-0.4, -0.2) is 7.05 Å². The minimum absolute atomic E-state index is 0.0661. The molecule has 1 nitrogen and oxygen atoms in total. The van der Waals surface area contributed by atoms with Crippen molar-refractivity contribution in [3.8, 4) is 0 Å². The molecule has 3 heteroatoms. The van der Waals surface area contributed by atoms with E-state index in [1.165, 1.54) is 11.1 Å². The Hall–Kier alpha value is -1.19. The van der Waals surface area contributed by atoms with Crippen LogP contribution in [-0.2, 0) is 0 Å². The van der Waals surface area contributed by atoms with Crippen molar-refractivity contribution >= 4 is 11.3 Å². The van der Waals surface area contributed by atoms with Crippen molar-refractivity contribution in [2.75, 3.05) is 7.05 Å². The predicted octanol–water partition coefficient (Wildman–Crippen LogP) is 3.81. The van der Waals surface area contributed by atoms with Crippen molar-refractivity contribution in [2.45, 2.75) is 19.9 Å². The molecule has 17 heavy (non-hydrogen) atoms. The molecule has 1 unspecified atom stereocenters.